The molecule has 0 saturated heterocycles. The summed E-state index contributed by atoms with van der Waals surface area (Å²) in [6.07, 6.45) is 1.64. The molecule has 0 spiro atoms. The number of thioether (sulfide) groups is 1. The lowest BCUT2D eigenvalue weighted by Crippen LogP contribution is -2.30. The number of aryl methyl sites for hydroxylation is 2. The van der Waals surface area contributed by atoms with Gasteiger partial charge in [-0.2, -0.15) is 11.3 Å². The highest BCUT2D eigenvalue weighted by Gasteiger charge is 2.17. The Morgan fingerprint density at radius 3 is 2.33 bits per heavy atom. The van der Waals surface area contributed by atoms with Gasteiger partial charge in [0.15, 0.2) is 0 Å². The lowest BCUT2D eigenvalue weighted by molar-refractivity contribution is -0.115. The Hall–Kier alpha value is -4.14. The fourth-order valence-electron chi connectivity index (χ4n) is 3.63. The zero-order chi connectivity index (χ0) is 27.8. The van der Waals surface area contributed by atoms with Gasteiger partial charge in [0.05, 0.1) is 5.25 Å². The highest BCUT2D eigenvalue weighted by Crippen LogP contribution is 2.27. The minimum absolute atomic E-state index is 0.109. The van der Waals surface area contributed by atoms with E-state index in [2.05, 4.69) is 16.0 Å². The fraction of sp³-hybridized carbons (Fsp3) is 0.129. The van der Waals surface area contributed by atoms with Crippen LogP contribution in [-0.4, -0.2) is 23.0 Å². The van der Waals surface area contributed by atoms with E-state index in [0.29, 0.717) is 11.3 Å². The number of hydrogen-bond donors (Lipinski definition) is 3. The van der Waals surface area contributed by atoms with Crippen LogP contribution in [0.2, 0.25) is 0 Å². The Morgan fingerprint density at radius 2 is 1.62 bits per heavy atom. The minimum atomic E-state index is -0.451. The first-order valence-corrected chi connectivity index (χ1v) is 14.2. The summed E-state index contributed by atoms with van der Waals surface area (Å²) in [5.74, 6) is -0.935. The van der Waals surface area contributed by atoms with Crippen LogP contribution in [0.5, 0.6) is 0 Å². The molecular formula is C31H29N3O3S2. The molecule has 1 heterocycles. The smallest absolute Gasteiger partial charge is 0.272 e. The molecule has 4 rings (SSSR count). The SMILES string of the molecule is Cc1ccc(NC(=O)C(C)Sc2cccc(NC(=O)/C(=C/c3ccsc3)NC(=O)c3ccccc3)c2)cc1C. The third kappa shape index (κ3) is 7.92. The van der Waals surface area contributed by atoms with Crippen molar-refractivity contribution < 1.29 is 14.4 Å². The van der Waals surface area contributed by atoms with Crippen molar-refractivity contribution in [3.05, 3.63) is 118 Å². The van der Waals surface area contributed by atoms with Gasteiger partial charge < -0.3 is 16.0 Å². The molecule has 4 aromatic rings. The molecule has 6 nitrogen and oxygen atoms in total. The fourth-order valence-corrected chi connectivity index (χ4v) is 5.18. The molecule has 3 amide bonds. The largest absolute Gasteiger partial charge is 0.325 e. The van der Waals surface area contributed by atoms with E-state index in [-0.39, 0.29) is 22.8 Å². The van der Waals surface area contributed by atoms with E-state index < -0.39 is 5.91 Å². The number of carbonyl (C=O) groups excluding carboxylic acids is 3. The number of anilines is 2. The predicted octanol–water partition coefficient (Wildman–Crippen LogP) is 6.89. The zero-order valence-electron chi connectivity index (χ0n) is 21.9. The van der Waals surface area contributed by atoms with Gasteiger partial charge in [0.25, 0.3) is 11.8 Å². The van der Waals surface area contributed by atoms with Gasteiger partial charge in [0, 0.05) is 21.8 Å². The Morgan fingerprint density at radius 1 is 0.846 bits per heavy atom. The first-order chi connectivity index (χ1) is 18.8. The molecular weight excluding hydrogens is 526 g/mol. The number of carbonyl (C=O) groups is 3. The molecule has 3 aromatic carbocycles. The number of amides is 3. The van der Waals surface area contributed by atoms with Crippen LogP contribution >= 0.6 is 23.1 Å². The molecule has 0 aliphatic rings. The van der Waals surface area contributed by atoms with E-state index in [1.807, 2.05) is 80.1 Å². The zero-order valence-corrected chi connectivity index (χ0v) is 23.5. The molecule has 3 N–H and O–H groups in total. The van der Waals surface area contributed by atoms with Gasteiger partial charge in [-0.1, -0.05) is 30.3 Å². The summed E-state index contributed by atoms with van der Waals surface area (Å²) < 4.78 is 0. The molecule has 39 heavy (non-hydrogen) atoms. The molecule has 8 heteroatoms. The summed E-state index contributed by atoms with van der Waals surface area (Å²) in [7, 11) is 0. The average molecular weight is 556 g/mol. The van der Waals surface area contributed by atoms with Gasteiger partial charge in [-0.3, -0.25) is 14.4 Å². The van der Waals surface area contributed by atoms with E-state index >= 15 is 0 Å². The van der Waals surface area contributed by atoms with Gasteiger partial charge in [-0.25, -0.2) is 0 Å². The summed E-state index contributed by atoms with van der Waals surface area (Å²) in [5.41, 5.74) is 4.99. The Kier molecular flexibility index (Phi) is 9.35. The summed E-state index contributed by atoms with van der Waals surface area (Å²) in [4.78, 5) is 39.6. The second kappa shape index (κ2) is 13.1. The summed E-state index contributed by atoms with van der Waals surface area (Å²) >= 11 is 2.89. The van der Waals surface area contributed by atoms with E-state index in [9.17, 15) is 14.4 Å². The number of rotatable bonds is 9. The maximum atomic E-state index is 13.2. The van der Waals surface area contributed by atoms with Gasteiger partial charge in [0.1, 0.15) is 5.70 Å². The number of thiophene rings is 1. The molecule has 0 aliphatic heterocycles. The topological polar surface area (TPSA) is 87.3 Å². The second-order valence-corrected chi connectivity index (χ2v) is 11.2. The van der Waals surface area contributed by atoms with Crippen LogP contribution in [0.25, 0.3) is 6.08 Å². The van der Waals surface area contributed by atoms with Crippen LogP contribution in [-0.2, 0) is 9.59 Å². The number of hydrogen-bond acceptors (Lipinski definition) is 5. The Bertz CT molecular complexity index is 1500. The standard InChI is InChI=1S/C31H29N3O3S2/c1-20-12-13-26(16-21(20)2)32-29(35)22(3)39-27-11-7-10-25(18-27)33-31(37)28(17-23-14-15-38-19-23)34-30(36)24-8-5-4-6-9-24/h4-19,22H,1-3H3,(H,32,35)(H,33,37)(H,34,36)/b28-17-. The van der Waals surface area contributed by atoms with Crippen LogP contribution in [0, 0.1) is 13.8 Å². The lowest BCUT2D eigenvalue weighted by atomic mass is 10.1. The van der Waals surface area contributed by atoms with E-state index in [0.717, 1.165) is 21.7 Å². The van der Waals surface area contributed by atoms with E-state index in [4.69, 9.17) is 0 Å². The van der Waals surface area contributed by atoms with Crippen molar-refractivity contribution in [3.63, 3.8) is 0 Å². The first-order valence-electron chi connectivity index (χ1n) is 12.3. The van der Waals surface area contributed by atoms with Crippen molar-refractivity contribution in [1.29, 1.82) is 0 Å². The van der Waals surface area contributed by atoms with Gasteiger partial charge in [-0.15, -0.1) is 11.8 Å². The molecule has 0 saturated carbocycles. The normalized spacial score (nSPS) is 11.9. The van der Waals surface area contributed by atoms with Crippen molar-refractivity contribution in [1.82, 2.24) is 5.32 Å². The molecule has 198 valence electrons. The van der Waals surface area contributed by atoms with Crippen LogP contribution < -0.4 is 16.0 Å². The second-order valence-electron chi connectivity index (χ2n) is 8.97. The maximum Gasteiger partial charge on any atom is 0.272 e. The Labute approximate surface area is 236 Å². The van der Waals surface area contributed by atoms with Crippen LogP contribution in [0.3, 0.4) is 0 Å². The number of nitrogens with one attached hydrogen (secondary N) is 3. The molecule has 0 fully saturated rings. The lowest BCUT2D eigenvalue weighted by Gasteiger charge is -2.14. The Balaban J connectivity index is 1.44. The van der Waals surface area contributed by atoms with Crippen molar-refractivity contribution in [2.24, 2.45) is 0 Å². The quantitative estimate of drug-likeness (QED) is 0.155. The predicted molar refractivity (Wildman–Crippen MR) is 161 cm³/mol. The van der Waals surface area contributed by atoms with Crippen molar-refractivity contribution in [2.45, 2.75) is 30.9 Å². The minimum Gasteiger partial charge on any atom is -0.325 e. The monoisotopic (exact) mass is 555 g/mol. The molecule has 1 atom stereocenters. The van der Waals surface area contributed by atoms with Gasteiger partial charge >= 0.3 is 0 Å². The third-order valence-electron chi connectivity index (χ3n) is 5.93. The summed E-state index contributed by atoms with van der Waals surface area (Å²) in [5, 5.41) is 12.0. The average Bonchev–Trinajstić information content (AvgIpc) is 3.44. The van der Waals surface area contributed by atoms with E-state index in [1.54, 1.807) is 36.4 Å². The molecule has 0 radical (unpaired) electrons. The highest BCUT2D eigenvalue weighted by atomic mass is 32.2. The van der Waals surface area contributed by atoms with Crippen LogP contribution in [0.15, 0.2) is 100 Å². The van der Waals surface area contributed by atoms with E-state index in [1.165, 1.54) is 28.7 Å². The van der Waals surface area contributed by atoms with Crippen molar-refractivity contribution >= 4 is 58.3 Å². The van der Waals surface area contributed by atoms with Crippen molar-refractivity contribution in [3.8, 4) is 0 Å². The molecule has 0 aliphatic carbocycles. The molecule has 1 aromatic heterocycles. The summed E-state index contributed by atoms with van der Waals surface area (Å²) in [6.45, 7) is 5.88. The summed E-state index contributed by atoms with van der Waals surface area (Å²) in [6, 6.07) is 23.7. The first kappa shape index (κ1) is 27.9. The number of benzene rings is 3. The van der Waals surface area contributed by atoms with Crippen molar-refractivity contribution in [2.75, 3.05) is 10.6 Å². The van der Waals surface area contributed by atoms with Gasteiger partial charge in [-0.05, 0) is 103 Å². The van der Waals surface area contributed by atoms with Gasteiger partial charge in [0.2, 0.25) is 5.91 Å². The van der Waals surface area contributed by atoms with Crippen LogP contribution in [0.1, 0.15) is 34.0 Å². The molecule has 1 unspecified atom stereocenters. The highest BCUT2D eigenvalue weighted by molar-refractivity contribution is 8.00. The maximum absolute atomic E-state index is 13.2. The van der Waals surface area contributed by atoms with Crippen LogP contribution in [0.4, 0.5) is 11.4 Å². The molecule has 0 bridgehead atoms. The third-order valence-corrected chi connectivity index (χ3v) is 7.73.